The maximum Gasteiger partial charge on any atom is 0.122 e. The predicted molar refractivity (Wildman–Crippen MR) is 69.8 cm³/mol. The monoisotopic (exact) mass is 238 g/mol. The van der Waals surface area contributed by atoms with E-state index in [0.29, 0.717) is 0 Å². The lowest BCUT2D eigenvalue weighted by atomic mass is 10.1. The molecule has 0 aliphatic heterocycles. The van der Waals surface area contributed by atoms with Gasteiger partial charge in [0.15, 0.2) is 0 Å². The van der Waals surface area contributed by atoms with Gasteiger partial charge in [0.25, 0.3) is 0 Å². The molecule has 4 nitrogen and oxygen atoms in total. The second kappa shape index (κ2) is 7.92. The summed E-state index contributed by atoms with van der Waals surface area (Å²) >= 11 is 0. The summed E-state index contributed by atoms with van der Waals surface area (Å²) in [6.07, 6.45) is 1.93. The summed E-state index contributed by atoms with van der Waals surface area (Å²) in [4.78, 5) is 0. The van der Waals surface area contributed by atoms with Gasteiger partial charge in [-0.15, -0.1) is 0 Å². The van der Waals surface area contributed by atoms with Gasteiger partial charge in [-0.05, 0) is 56.2 Å². The summed E-state index contributed by atoms with van der Waals surface area (Å²) < 4.78 is 10.5. The van der Waals surface area contributed by atoms with Gasteiger partial charge < -0.3 is 20.5 Å². The lowest BCUT2D eigenvalue weighted by Gasteiger charge is -2.10. The van der Waals surface area contributed by atoms with Crippen molar-refractivity contribution < 1.29 is 9.47 Å². The quantitative estimate of drug-likeness (QED) is 0.668. The summed E-state index contributed by atoms with van der Waals surface area (Å²) in [5.41, 5.74) is 6.59. The van der Waals surface area contributed by atoms with Gasteiger partial charge in [0.1, 0.15) is 11.5 Å². The average Bonchev–Trinajstić information content (AvgIpc) is 2.38. The predicted octanol–water partition coefficient (Wildman–Crippen LogP) is 1.18. The molecule has 3 N–H and O–H groups in total. The van der Waals surface area contributed by atoms with Gasteiger partial charge in [0, 0.05) is 0 Å². The van der Waals surface area contributed by atoms with Crippen molar-refractivity contribution in [2.45, 2.75) is 12.8 Å². The minimum Gasteiger partial charge on any atom is -0.497 e. The molecule has 17 heavy (non-hydrogen) atoms. The Kier molecular flexibility index (Phi) is 6.43. The fraction of sp³-hybridized carbons (Fsp3) is 0.538. The number of benzene rings is 1. The normalized spacial score (nSPS) is 10.3. The van der Waals surface area contributed by atoms with E-state index >= 15 is 0 Å². The number of nitrogens with one attached hydrogen (secondary N) is 1. The number of nitrogens with two attached hydrogens (primary N) is 1. The highest BCUT2D eigenvalue weighted by Crippen LogP contribution is 2.23. The van der Waals surface area contributed by atoms with Crippen LogP contribution < -0.4 is 20.5 Å². The summed E-state index contributed by atoms with van der Waals surface area (Å²) in [7, 11) is 3.36. The number of hydrogen-bond acceptors (Lipinski definition) is 4. The van der Waals surface area contributed by atoms with Gasteiger partial charge in [-0.25, -0.2) is 0 Å². The Morgan fingerprint density at radius 3 is 2.65 bits per heavy atom. The summed E-state index contributed by atoms with van der Waals surface area (Å²) in [6.45, 7) is 2.61. The molecule has 0 saturated carbocycles. The van der Waals surface area contributed by atoms with Crippen molar-refractivity contribution in [3.63, 3.8) is 0 Å². The molecule has 0 saturated heterocycles. The lowest BCUT2D eigenvalue weighted by Crippen LogP contribution is -2.20. The van der Waals surface area contributed by atoms with Crippen LogP contribution >= 0.6 is 0 Å². The van der Waals surface area contributed by atoms with E-state index in [9.17, 15) is 0 Å². The number of hydrogen-bond donors (Lipinski definition) is 2. The van der Waals surface area contributed by atoms with E-state index in [2.05, 4.69) is 5.32 Å². The van der Waals surface area contributed by atoms with E-state index in [4.69, 9.17) is 15.2 Å². The molecule has 0 fully saturated rings. The Morgan fingerprint density at radius 1 is 1.18 bits per heavy atom. The molecule has 0 aliphatic rings. The Labute approximate surface area is 103 Å². The molecule has 0 bridgehead atoms. The number of ether oxygens (including phenoxy) is 2. The molecule has 1 aromatic carbocycles. The van der Waals surface area contributed by atoms with Crippen molar-refractivity contribution in [3.05, 3.63) is 23.8 Å². The molecule has 0 amide bonds. The van der Waals surface area contributed by atoms with Crippen LogP contribution in [0.3, 0.4) is 0 Å². The molecule has 0 atom stereocenters. The van der Waals surface area contributed by atoms with Crippen molar-refractivity contribution in [2.24, 2.45) is 5.73 Å². The Bertz CT molecular complexity index is 329. The minimum absolute atomic E-state index is 0.732. The Morgan fingerprint density at radius 2 is 2.00 bits per heavy atom. The van der Waals surface area contributed by atoms with Gasteiger partial charge in [0.2, 0.25) is 0 Å². The van der Waals surface area contributed by atoms with Crippen molar-refractivity contribution >= 4 is 0 Å². The van der Waals surface area contributed by atoms with Crippen molar-refractivity contribution in [1.82, 2.24) is 5.32 Å². The maximum absolute atomic E-state index is 5.43. The Hall–Kier alpha value is -1.26. The molecule has 0 unspecified atom stereocenters. The van der Waals surface area contributed by atoms with Crippen LogP contribution in [0.1, 0.15) is 12.0 Å². The molecule has 96 valence electrons. The molecule has 1 aromatic rings. The molecule has 1 rings (SSSR count). The van der Waals surface area contributed by atoms with Crippen LogP contribution in [0.25, 0.3) is 0 Å². The van der Waals surface area contributed by atoms with Crippen molar-refractivity contribution in [2.75, 3.05) is 33.9 Å². The third-order valence-corrected chi connectivity index (χ3v) is 2.62. The highest BCUT2D eigenvalue weighted by molar-refractivity contribution is 5.40. The molecule has 0 heterocycles. The van der Waals surface area contributed by atoms with E-state index in [0.717, 1.165) is 49.5 Å². The maximum atomic E-state index is 5.43. The van der Waals surface area contributed by atoms with Gasteiger partial charge >= 0.3 is 0 Å². The summed E-state index contributed by atoms with van der Waals surface area (Å²) in [5, 5.41) is 3.35. The van der Waals surface area contributed by atoms with E-state index in [-0.39, 0.29) is 0 Å². The first-order valence-corrected chi connectivity index (χ1v) is 5.93. The van der Waals surface area contributed by atoms with Gasteiger partial charge in [0.05, 0.1) is 14.2 Å². The average molecular weight is 238 g/mol. The minimum atomic E-state index is 0.732. The molecule has 0 radical (unpaired) electrons. The van der Waals surface area contributed by atoms with Crippen LogP contribution in [0.2, 0.25) is 0 Å². The van der Waals surface area contributed by atoms with Crippen molar-refractivity contribution in [1.29, 1.82) is 0 Å². The summed E-state index contributed by atoms with van der Waals surface area (Å²) in [6, 6.07) is 5.86. The van der Waals surface area contributed by atoms with Gasteiger partial charge in [-0.3, -0.25) is 0 Å². The van der Waals surface area contributed by atoms with E-state index in [1.807, 2.05) is 18.2 Å². The molecular weight excluding hydrogens is 216 g/mol. The summed E-state index contributed by atoms with van der Waals surface area (Å²) in [5.74, 6) is 1.77. The molecular formula is C13H22N2O2. The fourth-order valence-corrected chi connectivity index (χ4v) is 1.65. The zero-order chi connectivity index (χ0) is 12.5. The van der Waals surface area contributed by atoms with Gasteiger partial charge in [-0.1, -0.05) is 0 Å². The van der Waals surface area contributed by atoms with Crippen LogP contribution in [0.15, 0.2) is 18.2 Å². The molecule has 0 aromatic heterocycles. The second-order valence-corrected chi connectivity index (χ2v) is 3.82. The third kappa shape index (κ3) is 4.63. The van der Waals surface area contributed by atoms with E-state index in [1.165, 1.54) is 0 Å². The fourth-order valence-electron chi connectivity index (χ4n) is 1.65. The third-order valence-electron chi connectivity index (χ3n) is 2.62. The van der Waals surface area contributed by atoms with Crippen LogP contribution in [0.4, 0.5) is 0 Å². The first-order chi connectivity index (χ1) is 8.31. The number of rotatable bonds is 8. The SMILES string of the molecule is COc1ccc(OC)c(CCNCCCN)c1. The van der Waals surface area contributed by atoms with E-state index < -0.39 is 0 Å². The van der Waals surface area contributed by atoms with Crippen LogP contribution in [-0.2, 0) is 6.42 Å². The van der Waals surface area contributed by atoms with E-state index in [1.54, 1.807) is 14.2 Å². The lowest BCUT2D eigenvalue weighted by molar-refractivity contribution is 0.398. The first kappa shape index (κ1) is 13.8. The standard InChI is InChI=1S/C13H22N2O2/c1-16-12-4-5-13(17-2)11(10-12)6-9-15-8-3-7-14/h4-5,10,15H,3,6-9,14H2,1-2H3. The smallest absolute Gasteiger partial charge is 0.122 e. The van der Waals surface area contributed by atoms with Crippen LogP contribution in [-0.4, -0.2) is 33.9 Å². The zero-order valence-corrected chi connectivity index (χ0v) is 10.7. The highest BCUT2D eigenvalue weighted by atomic mass is 16.5. The van der Waals surface area contributed by atoms with Crippen LogP contribution in [0, 0.1) is 0 Å². The van der Waals surface area contributed by atoms with Crippen molar-refractivity contribution in [3.8, 4) is 11.5 Å². The molecule has 0 spiro atoms. The first-order valence-electron chi connectivity index (χ1n) is 5.93. The number of methoxy groups -OCH3 is 2. The Balaban J connectivity index is 2.49. The van der Waals surface area contributed by atoms with Gasteiger partial charge in [-0.2, -0.15) is 0 Å². The second-order valence-electron chi connectivity index (χ2n) is 3.82. The largest absolute Gasteiger partial charge is 0.497 e. The highest BCUT2D eigenvalue weighted by Gasteiger charge is 2.04. The topological polar surface area (TPSA) is 56.5 Å². The zero-order valence-electron chi connectivity index (χ0n) is 10.7. The molecule has 0 aliphatic carbocycles. The van der Waals surface area contributed by atoms with Crippen LogP contribution in [0.5, 0.6) is 11.5 Å². The molecule has 4 heteroatoms.